The van der Waals surface area contributed by atoms with Crippen LogP contribution >= 0.6 is 11.3 Å². The molecule has 3 aromatic rings. The van der Waals surface area contributed by atoms with Gasteiger partial charge in [0.25, 0.3) is 0 Å². The lowest BCUT2D eigenvalue weighted by molar-refractivity contribution is -0.116. The fourth-order valence-corrected chi connectivity index (χ4v) is 4.41. The van der Waals surface area contributed by atoms with Crippen molar-refractivity contribution in [1.29, 1.82) is 0 Å². The molecule has 2 aromatic carbocycles. The number of methoxy groups -OCH3 is 1. The molecule has 1 atom stereocenters. The fraction of sp³-hybridized carbons (Fsp3) is 0.273. The Morgan fingerprint density at radius 1 is 1.17 bits per heavy atom. The van der Waals surface area contributed by atoms with Crippen molar-refractivity contribution in [2.75, 3.05) is 17.7 Å². The van der Waals surface area contributed by atoms with E-state index in [-0.39, 0.29) is 17.9 Å². The number of hydrogen-bond donors (Lipinski definition) is 2. The third-order valence-corrected chi connectivity index (χ3v) is 5.68. The minimum Gasteiger partial charge on any atom is -0.493 e. The highest BCUT2D eigenvalue weighted by atomic mass is 32.1. The zero-order chi connectivity index (χ0) is 20.4. The quantitative estimate of drug-likeness (QED) is 0.589. The molecule has 1 aliphatic rings. The van der Waals surface area contributed by atoms with E-state index in [0.29, 0.717) is 23.7 Å². The van der Waals surface area contributed by atoms with Crippen molar-refractivity contribution in [2.24, 2.45) is 0 Å². The number of rotatable bonds is 6. The van der Waals surface area contributed by atoms with Crippen LogP contribution in [0, 0.1) is 0 Å². The largest absolute Gasteiger partial charge is 0.493 e. The zero-order valence-corrected chi connectivity index (χ0v) is 17.4. The lowest BCUT2D eigenvalue weighted by Crippen LogP contribution is -2.22. The number of benzene rings is 2. The highest BCUT2D eigenvalue weighted by Gasteiger charge is 2.31. The number of ether oxygens (including phenoxy) is 2. The van der Waals surface area contributed by atoms with Crippen molar-refractivity contribution in [1.82, 2.24) is 4.98 Å². The van der Waals surface area contributed by atoms with E-state index in [1.165, 1.54) is 0 Å². The van der Waals surface area contributed by atoms with Crippen LogP contribution in [0.1, 0.15) is 36.6 Å². The molecule has 0 aliphatic carbocycles. The Kier molecular flexibility index (Phi) is 5.40. The van der Waals surface area contributed by atoms with Crippen LogP contribution < -0.4 is 20.1 Å². The summed E-state index contributed by atoms with van der Waals surface area (Å²) in [5.74, 6) is 1.86. The van der Waals surface area contributed by atoms with Crippen LogP contribution in [0.4, 0.5) is 16.6 Å². The molecule has 1 amide bonds. The van der Waals surface area contributed by atoms with Crippen molar-refractivity contribution in [2.45, 2.75) is 32.3 Å². The molecule has 0 bridgehead atoms. The number of hydrogen-bond acceptors (Lipinski definition) is 6. The molecule has 0 spiro atoms. The van der Waals surface area contributed by atoms with Gasteiger partial charge >= 0.3 is 0 Å². The van der Waals surface area contributed by atoms with Crippen LogP contribution in [0.5, 0.6) is 11.5 Å². The Labute approximate surface area is 173 Å². The molecular formula is C22H23N3O3S. The number of carbonyl (C=O) groups excluding carboxylic acids is 1. The van der Waals surface area contributed by atoms with E-state index in [4.69, 9.17) is 9.47 Å². The highest BCUT2D eigenvalue weighted by Crippen LogP contribution is 2.44. The lowest BCUT2D eigenvalue weighted by Gasteiger charge is -2.23. The Morgan fingerprint density at radius 2 is 1.97 bits per heavy atom. The summed E-state index contributed by atoms with van der Waals surface area (Å²) in [6.45, 7) is 3.95. The van der Waals surface area contributed by atoms with E-state index in [2.05, 4.69) is 15.6 Å². The number of anilines is 3. The van der Waals surface area contributed by atoms with Crippen molar-refractivity contribution in [3.8, 4) is 11.5 Å². The third-order valence-electron chi connectivity index (χ3n) is 4.59. The molecule has 1 aliphatic heterocycles. The SMILES string of the molecule is COc1ccc(C2CC(=O)Nc3nc(Nc4ccccc4)sc32)cc1OC(C)C. The molecule has 7 heteroatoms. The second-order valence-electron chi connectivity index (χ2n) is 7.10. The predicted molar refractivity (Wildman–Crippen MR) is 116 cm³/mol. The summed E-state index contributed by atoms with van der Waals surface area (Å²) in [6.07, 6.45) is 0.391. The number of fused-ring (bicyclic) bond motifs is 1. The van der Waals surface area contributed by atoms with Crippen LogP contribution in [-0.4, -0.2) is 24.1 Å². The van der Waals surface area contributed by atoms with Gasteiger partial charge in [-0.15, -0.1) is 0 Å². The van der Waals surface area contributed by atoms with Gasteiger partial charge in [-0.3, -0.25) is 4.79 Å². The summed E-state index contributed by atoms with van der Waals surface area (Å²) < 4.78 is 11.3. The maximum Gasteiger partial charge on any atom is 0.226 e. The van der Waals surface area contributed by atoms with Crippen molar-refractivity contribution < 1.29 is 14.3 Å². The van der Waals surface area contributed by atoms with Gasteiger partial charge in [0, 0.05) is 18.0 Å². The van der Waals surface area contributed by atoms with Gasteiger partial charge in [0.2, 0.25) is 5.91 Å². The Hall–Kier alpha value is -3.06. The molecule has 1 unspecified atom stereocenters. The van der Waals surface area contributed by atoms with Gasteiger partial charge in [0.15, 0.2) is 16.6 Å². The highest BCUT2D eigenvalue weighted by molar-refractivity contribution is 7.16. The molecule has 29 heavy (non-hydrogen) atoms. The Bertz CT molecular complexity index is 1020. The number of nitrogens with one attached hydrogen (secondary N) is 2. The average Bonchev–Trinajstić information content (AvgIpc) is 3.09. The molecule has 4 rings (SSSR count). The van der Waals surface area contributed by atoms with E-state index in [1.54, 1.807) is 18.4 Å². The summed E-state index contributed by atoms with van der Waals surface area (Å²) in [5, 5.41) is 6.97. The first-order chi connectivity index (χ1) is 14.0. The Morgan fingerprint density at radius 3 is 2.69 bits per heavy atom. The normalized spacial score (nSPS) is 15.6. The minimum absolute atomic E-state index is 0.0226. The number of thiazole rings is 1. The van der Waals surface area contributed by atoms with Gasteiger partial charge in [-0.2, -0.15) is 0 Å². The maximum absolute atomic E-state index is 12.3. The van der Waals surface area contributed by atoms with Gasteiger partial charge in [0.1, 0.15) is 5.82 Å². The third kappa shape index (κ3) is 4.19. The molecule has 2 N–H and O–H groups in total. The van der Waals surface area contributed by atoms with Gasteiger partial charge < -0.3 is 20.1 Å². The van der Waals surface area contributed by atoms with Crippen LogP contribution in [0.15, 0.2) is 48.5 Å². The van der Waals surface area contributed by atoms with E-state index >= 15 is 0 Å². The van der Waals surface area contributed by atoms with E-state index in [9.17, 15) is 4.79 Å². The summed E-state index contributed by atoms with van der Waals surface area (Å²) in [6, 6.07) is 15.7. The second kappa shape index (κ2) is 8.13. The van der Waals surface area contributed by atoms with Crippen molar-refractivity contribution >= 4 is 33.9 Å². The minimum atomic E-state index is -0.0806. The summed E-state index contributed by atoms with van der Waals surface area (Å²) >= 11 is 1.56. The fourth-order valence-electron chi connectivity index (χ4n) is 3.34. The number of nitrogens with zero attached hydrogens (tertiary/aromatic N) is 1. The predicted octanol–water partition coefficient (Wildman–Crippen LogP) is 5.16. The number of para-hydroxylation sites is 1. The topological polar surface area (TPSA) is 72.5 Å². The first-order valence-corrected chi connectivity index (χ1v) is 10.3. The summed E-state index contributed by atoms with van der Waals surface area (Å²) in [7, 11) is 1.62. The second-order valence-corrected chi connectivity index (χ2v) is 8.14. The molecule has 2 heterocycles. The maximum atomic E-state index is 12.3. The molecule has 0 saturated heterocycles. The number of aromatic nitrogens is 1. The molecule has 0 fully saturated rings. The molecule has 1 aromatic heterocycles. The zero-order valence-electron chi connectivity index (χ0n) is 16.6. The van der Waals surface area contributed by atoms with E-state index in [0.717, 1.165) is 21.3 Å². The smallest absolute Gasteiger partial charge is 0.226 e. The summed E-state index contributed by atoms with van der Waals surface area (Å²) in [5.41, 5.74) is 1.96. The van der Waals surface area contributed by atoms with Crippen LogP contribution in [0.25, 0.3) is 0 Å². The van der Waals surface area contributed by atoms with E-state index < -0.39 is 0 Å². The van der Waals surface area contributed by atoms with Crippen LogP contribution in [0.2, 0.25) is 0 Å². The molecule has 0 radical (unpaired) electrons. The monoisotopic (exact) mass is 409 g/mol. The Balaban J connectivity index is 1.68. The van der Waals surface area contributed by atoms with Gasteiger partial charge in [-0.1, -0.05) is 35.6 Å². The van der Waals surface area contributed by atoms with Crippen LogP contribution in [0.3, 0.4) is 0 Å². The average molecular weight is 410 g/mol. The first kappa shape index (κ1) is 19.3. The standard InChI is InChI=1S/C22H23N3O3S/c1-13(2)28-18-11-14(9-10-17(18)27-3)16-12-19(26)24-21-20(16)29-22(25-21)23-15-7-5-4-6-8-15/h4-11,13,16H,12H2,1-3H3,(H,23,25)(H,24,26). The van der Waals surface area contributed by atoms with E-state index in [1.807, 2.05) is 62.4 Å². The van der Waals surface area contributed by atoms with Crippen LogP contribution in [-0.2, 0) is 4.79 Å². The lowest BCUT2D eigenvalue weighted by atomic mass is 9.91. The van der Waals surface area contributed by atoms with Crippen molar-refractivity contribution in [3.05, 3.63) is 59.0 Å². The summed E-state index contributed by atoms with van der Waals surface area (Å²) in [4.78, 5) is 18.0. The molecule has 6 nitrogen and oxygen atoms in total. The van der Waals surface area contributed by atoms with Gasteiger partial charge in [0.05, 0.1) is 18.1 Å². The van der Waals surface area contributed by atoms with Crippen molar-refractivity contribution in [3.63, 3.8) is 0 Å². The van der Waals surface area contributed by atoms with Gasteiger partial charge in [-0.05, 0) is 43.7 Å². The molecular weight excluding hydrogens is 386 g/mol. The molecule has 150 valence electrons. The number of carbonyl (C=O) groups is 1. The number of amides is 1. The van der Waals surface area contributed by atoms with Gasteiger partial charge in [-0.25, -0.2) is 4.98 Å². The molecule has 0 saturated carbocycles. The first-order valence-electron chi connectivity index (χ1n) is 9.50.